The van der Waals surface area contributed by atoms with Crippen LogP contribution in [0, 0.1) is 0 Å². The molecule has 1 aromatic heterocycles. The van der Waals surface area contributed by atoms with Gasteiger partial charge in [-0.1, -0.05) is 0 Å². The van der Waals surface area contributed by atoms with Crippen LogP contribution in [0.2, 0.25) is 0 Å². The zero-order valence-corrected chi connectivity index (χ0v) is 14.0. The van der Waals surface area contributed by atoms with Crippen molar-refractivity contribution in [2.24, 2.45) is 0 Å². The average molecular weight is 349 g/mol. The minimum atomic E-state index is -0.416. The highest BCUT2D eigenvalue weighted by Crippen LogP contribution is 2.23. The second kappa shape index (κ2) is 7.99. The molecule has 0 fully saturated rings. The summed E-state index contributed by atoms with van der Waals surface area (Å²) in [6.45, 7) is 5.89. The van der Waals surface area contributed by atoms with Gasteiger partial charge in [-0.15, -0.1) is 11.3 Å². The highest BCUT2D eigenvalue weighted by Gasteiger charge is 2.15. The van der Waals surface area contributed by atoms with Crippen LogP contribution in [-0.4, -0.2) is 53.6 Å². The van der Waals surface area contributed by atoms with Crippen molar-refractivity contribution in [1.29, 1.82) is 0 Å². The number of carbonyl (C=O) groups excluding carboxylic acids is 1. The van der Waals surface area contributed by atoms with Crippen molar-refractivity contribution < 1.29 is 9.90 Å². The molecule has 0 saturated carbocycles. The smallest absolute Gasteiger partial charge is 0.237 e. The molecule has 1 heterocycles. The van der Waals surface area contributed by atoms with E-state index in [1.807, 2.05) is 35.9 Å². The number of hydrogen-bond donors (Lipinski definition) is 1. The van der Waals surface area contributed by atoms with E-state index in [2.05, 4.69) is 15.9 Å². The largest absolute Gasteiger partial charge is 0.392 e. The summed E-state index contributed by atoms with van der Waals surface area (Å²) in [5, 5.41) is 9.30. The summed E-state index contributed by atoms with van der Waals surface area (Å²) in [5.41, 5.74) is 0. The fourth-order valence-electron chi connectivity index (χ4n) is 1.85. The molecule has 108 valence electrons. The van der Waals surface area contributed by atoms with Gasteiger partial charge in [-0.3, -0.25) is 9.69 Å². The highest BCUT2D eigenvalue weighted by molar-refractivity contribution is 9.11. The quantitative estimate of drug-likeness (QED) is 0.821. The first-order valence-corrected chi connectivity index (χ1v) is 7.92. The number of nitrogens with zero attached hydrogens (tertiary/aromatic N) is 2. The topological polar surface area (TPSA) is 43.8 Å². The zero-order valence-electron chi connectivity index (χ0n) is 11.6. The van der Waals surface area contributed by atoms with Crippen molar-refractivity contribution in [1.82, 2.24) is 9.80 Å². The molecule has 1 rings (SSSR count). The molecule has 0 spiro atoms. The second-order valence-electron chi connectivity index (χ2n) is 4.66. The van der Waals surface area contributed by atoms with Gasteiger partial charge in [-0.05, 0) is 49.0 Å². The van der Waals surface area contributed by atoms with Crippen LogP contribution in [0.25, 0.3) is 0 Å². The Morgan fingerprint density at radius 2 is 2.21 bits per heavy atom. The fraction of sp³-hybridized carbons (Fsp3) is 0.615. The number of carbonyl (C=O) groups is 1. The van der Waals surface area contributed by atoms with Gasteiger partial charge in [0.2, 0.25) is 5.91 Å². The summed E-state index contributed by atoms with van der Waals surface area (Å²) in [7, 11) is 1.85. The Morgan fingerprint density at radius 3 is 2.68 bits per heavy atom. The molecule has 4 nitrogen and oxygen atoms in total. The lowest BCUT2D eigenvalue weighted by Crippen LogP contribution is -2.40. The molecule has 6 heteroatoms. The third-order valence-corrected chi connectivity index (χ3v) is 4.30. The highest BCUT2D eigenvalue weighted by atomic mass is 79.9. The van der Waals surface area contributed by atoms with E-state index in [0.29, 0.717) is 26.2 Å². The van der Waals surface area contributed by atoms with Crippen molar-refractivity contribution in [2.75, 3.05) is 26.7 Å². The molecule has 0 bridgehead atoms. The van der Waals surface area contributed by atoms with Gasteiger partial charge < -0.3 is 10.0 Å². The lowest BCUT2D eigenvalue weighted by atomic mass is 10.3. The molecular formula is C13H21BrN2O2S. The molecule has 1 atom stereocenters. The van der Waals surface area contributed by atoms with E-state index in [0.717, 1.165) is 3.79 Å². The molecule has 0 aromatic carbocycles. The van der Waals surface area contributed by atoms with Gasteiger partial charge in [0.05, 0.1) is 23.0 Å². The number of aliphatic hydroxyl groups is 1. The monoisotopic (exact) mass is 348 g/mol. The molecule has 1 aromatic rings. The normalized spacial score (nSPS) is 12.7. The Balaban J connectivity index is 2.52. The summed E-state index contributed by atoms with van der Waals surface area (Å²) in [5.74, 6) is 0.0928. The van der Waals surface area contributed by atoms with Crippen LogP contribution in [0.1, 0.15) is 18.7 Å². The molecule has 1 amide bonds. The predicted octanol–water partition coefficient (Wildman–Crippen LogP) is 2.17. The number of hydrogen-bond acceptors (Lipinski definition) is 4. The molecule has 0 saturated heterocycles. The lowest BCUT2D eigenvalue weighted by molar-refractivity contribution is -0.132. The minimum absolute atomic E-state index is 0.0928. The molecule has 1 unspecified atom stereocenters. The first kappa shape index (κ1) is 16.6. The first-order chi connectivity index (χ1) is 8.92. The Hall–Kier alpha value is -0.430. The SMILES string of the molecule is CCN(Cc1ccc(Br)s1)C(=O)CN(C)CC(C)O. The summed E-state index contributed by atoms with van der Waals surface area (Å²) in [4.78, 5) is 17.0. The number of halogens is 1. The van der Waals surface area contributed by atoms with Crippen LogP contribution in [-0.2, 0) is 11.3 Å². The summed E-state index contributed by atoms with van der Waals surface area (Å²) in [6, 6.07) is 4.03. The van der Waals surface area contributed by atoms with Gasteiger partial charge in [-0.25, -0.2) is 0 Å². The van der Waals surface area contributed by atoms with Gasteiger partial charge in [-0.2, -0.15) is 0 Å². The van der Waals surface area contributed by atoms with E-state index in [9.17, 15) is 9.90 Å². The maximum atomic E-state index is 12.2. The molecule has 19 heavy (non-hydrogen) atoms. The lowest BCUT2D eigenvalue weighted by Gasteiger charge is -2.24. The van der Waals surface area contributed by atoms with Gasteiger partial charge in [0.15, 0.2) is 0 Å². The van der Waals surface area contributed by atoms with Crippen LogP contribution in [0.3, 0.4) is 0 Å². The van der Waals surface area contributed by atoms with Crippen LogP contribution in [0.4, 0.5) is 0 Å². The Bertz CT molecular complexity index is 409. The van der Waals surface area contributed by atoms with Crippen molar-refractivity contribution in [3.05, 3.63) is 20.8 Å². The molecule has 0 aliphatic rings. The van der Waals surface area contributed by atoms with E-state index in [1.165, 1.54) is 4.88 Å². The van der Waals surface area contributed by atoms with Gasteiger partial charge in [0, 0.05) is 18.0 Å². The molecule has 1 N–H and O–H groups in total. The van der Waals surface area contributed by atoms with Crippen LogP contribution >= 0.6 is 27.3 Å². The van der Waals surface area contributed by atoms with E-state index in [-0.39, 0.29) is 5.91 Å². The minimum Gasteiger partial charge on any atom is -0.392 e. The zero-order chi connectivity index (χ0) is 14.4. The third kappa shape index (κ3) is 6.03. The average Bonchev–Trinajstić information content (AvgIpc) is 2.70. The van der Waals surface area contributed by atoms with Crippen LogP contribution < -0.4 is 0 Å². The fourth-order valence-corrected chi connectivity index (χ4v) is 3.35. The number of aliphatic hydroxyl groups excluding tert-OH is 1. The Morgan fingerprint density at radius 1 is 1.53 bits per heavy atom. The van der Waals surface area contributed by atoms with Crippen molar-refractivity contribution in [3.8, 4) is 0 Å². The molecular weight excluding hydrogens is 328 g/mol. The third-order valence-electron chi connectivity index (χ3n) is 2.69. The van der Waals surface area contributed by atoms with Gasteiger partial charge in [0.25, 0.3) is 0 Å². The van der Waals surface area contributed by atoms with Crippen LogP contribution in [0.15, 0.2) is 15.9 Å². The molecule has 0 radical (unpaired) electrons. The number of likely N-dealkylation sites (N-methyl/N-ethyl adjacent to an activating group) is 2. The molecule has 0 aliphatic heterocycles. The number of amides is 1. The predicted molar refractivity (Wildman–Crippen MR) is 82.3 cm³/mol. The number of rotatable bonds is 7. The summed E-state index contributed by atoms with van der Waals surface area (Å²) in [6.07, 6.45) is -0.416. The van der Waals surface area contributed by atoms with Crippen LogP contribution in [0.5, 0.6) is 0 Å². The maximum absolute atomic E-state index is 12.2. The van der Waals surface area contributed by atoms with E-state index in [1.54, 1.807) is 18.3 Å². The maximum Gasteiger partial charge on any atom is 0.237 e. The van der Waals surface area contributed by atoms with Crippen molar-refractivity contribution in [2.45, 2.75) is 26.5 Å². The summed E-state index contributed by atoms with van der Waals surface area (Å²) >= 11 is 5.08. The van der Waals surface area contributed by atoms with E-state index >= 15 is 0 Å². The standard InChI is InChI=1S/C13H21BrN2O2S/c1-4-16(8-11-5-6-12(14)19-11)13(18)9-15(3)7-10(2)17/h5-6,10,17H,4,7-9H2,1-3H3. The molecule has 0 aliphatic carbocycles. The van der Waals surface area contributed by atoms with Crippen molar-refractivity contribution >= 4 is 33.2 Å². The Labute approximate surface area is 127 Å². The van der Waals surface area contributed by atoms with Gasteiger partial charge >= 0.3 is 0 Å². The van der Waals surface area contributed by atoms with Gasteiger partial charge in [0.1, 0.15) is 0 Å². The van der Waals surface area contributed by atoms with E-state index in [4.69, 9.17) is 0 Å². The first-order valence-electron chi connectivity index (χ1n) is 6.31. The van der Waals surface area contributed by atoms with E-state index < -0.39 is 6.10 Å². The van der Waals surface area contributed by atoms with Crippen molar-refractivity contribution in [3.63, 3.8) is 0 Å². The second-order valence-corrected chi connectivity index (χ2v) is 7.21. The number of thiophene rings is 1. The summed E-state index contributed by atoms with van der Waals surface area (Å²) < 4.78 is 1.08. The Kier molecular flexibility index (Phi) is 6.99.